The molecule has 0 saturated carbocycles. The molecule has 4 heterocycles. The van der Waals surface area contributed by atoms with Crippen molar-refractivity contribution in [1.29, 1.82) is 0 Å². The van der Waals surface area contributed by atoms with E-state index in [-0.39, 0.29) is 57.7 Å². The Balaban J connectivity index is 0.000000408. The predicted octanol–water partition coefficient (Wildman–Crippen LogP) is 2.89. The third kappa shape index (κ3) is 11.5. The smallest absolute Gasteiger partial charge is 0.857 e. The third-order valence-electron chi connectivity index (χ3n) is 5.36. The Labute approximate surface area is 298 Å². The summed E-state index contributed by atoms with van der Waals surface area (Å²) in [6, 6.07) is 5.62. The van der Waals surface area contributed by atoms with Gasteiger partial charge in [0.25, 0.3) is 0 Å². The number of anilines is 2. The van der Waals surface area contributed by atoms with Gasteiger partial charge in [0.1, 0.15) is 5.15 Å². The van der Waals surface area contributed by atoms with Crippen LogP contribution in [0.4, 0.5) is 23.0 Å². The van der Waals surface area contributed by atoms with Crippen LogP contribution in [-0.4, -0.2) is 57.1 Å². The van der Waals surface area contributed by atoms with E-state index < -0.39 is 9.85 Å². The van der Waals surface area contributed by atoms with E-state index in [2.05, 4.69) is 19.9 Å². The van der Waals surface area contributed by atoms with Gasteiger partial charge < -0.3 is 19.6 Å². The summed E-state index contributed by atoms with van der Waals surface area (Å²) in [7, 11) is 2.22. The molecule has 0 atom stereocenters. The maximum Gasteiger partial charge on any atom is 1.00 e. The van der Waals surface area contributed by atoms with Crippen LogP contribution < -0.4 is 49.2 Å². The summed E-state index contributed by atoms with van der Waals surface area (Å²) in [6.45, 7) is 5.76. The number of halogens is 3. The van der Waals surface area contributed by atoms with Crippen LogP contribution in [0, 0.1) is 20.2 Å². The molecule has 4 rings (SSSR count). The molecule has 0 aliphatic rings. The number of pyridine rings is 2. The molecule has 0 aromatic carbocycles. The molecule has 44 heavy (non-hydrogen) atoms. The van der Waals surface area contributed by atoms with Crippen molar-refractivity contribution >= 4 is 80.5 Å². The fourth-order valence-electron chi connectivity index (χ4n) is 3.47. The number of aromatic nitrogens is 4. The van der Waals surface area contributed by atoms with Gasteiger partial charge in [0.15, 0.2) is 8.93 Å². The molecule has 0 aliphatic heterocycles. The van der Waals surface area contributed by atoms with Gasteiger partial charge in [-0.15, -0.1) is 22.7 Å². The topological polar surface area (TPSA) is 177 Å². The van der Waals surface area contributed by atoms with Crippen LogP contribution in [0.5, 0.6) is 5.88 Å². The quantitative estimate of drug-likeness (QED) is 0.0962. The molecule has 0 radical (unpaired) electrons. The van der Waals surface area contributed by atoms with Gasteiger partial charge in [-0.25, -0.2) is 15.0 Å². The number of rotatable bonds is 11. The molecule has 232 valence electrons. The van der Waals surface area contributed by atoms with Gasteiger partial charge >= 0.3 is 40.9 Å². The first kappa shape index (κ1) is 39.6. The van der Waals surface area contributed by atoms with Crippen LogP contribution in [0.2, 0.25) is 14.1 Å². The summed E-state index contributed by atoms with van der Waals surface area (Å²) in [4.78, 5) is 42.8. The molecule has 0 saturated heterocycles. The number of hydrogen-bond acceptors (Lipinski definition) is 14. The molecule has 0 N–H and O–H groups in total. The van der Waals surface area contributed by atoms with Gasteiger partial charge in [0.2, 0.25) is 17.5 Å². The van der Waals surface area contributed by atoms with Gasteiger partial charge in [-0.3, -0.25) is 20.2 Å². The van der Waals surface area contributed by atoms with Gasteiger partial charge in [0, 0.05) is 53.4 Å². The number of thiazole rings is 2. The Hall–Kier alpha value is -2.41. The van der Waals surface area contributed by atoms with E-state index in [1.165, 1.54) is 54.0 Å². The molecule has 0 bridgehead atoms. The molecule has 14 nitrogen and oxygen atoms in total. The van der Waals surface area contributed by atoms with Crippen molar-refractivity contribution in [3.63, 3.8) is 0 Å². The van der Waals surface area contributed by atoms with Crippen LogP contribution in [-0.2, 0) is 13.1 Å². The maximum absolute atomic E-state index is 11.2. The maximum atomic E-state index is 11.2. The molecule has 0 fully saturated rings. The fourth-order valence-corrected chi connectivity index (χ4v) is 5.60. The normalized spacial score (nSPS) is 9.91. The first-order valence-electron chi connectivity index (χ1n) is 12.2. The van der Waals surface area contributed by atoms with Crippen LogP contribution in [0.3, 0.4) is 0 Å². The summed E-state index contributed by atoms with van der Waals surface area (Å²) >= 11 is 20.1. The second-order valence-electron chi connectivity index (χ2n) is 7.87. The molecule has 20 heteroatoms. The first-order valence-corrected chi connectivity index (χ1v) is 14.9. The molecular formula is C24H26Cl3N8NaO6S2. The van der Waals surface area contributed by atoms with E-state index >= 15 is 0 Å². The predicted molar refractivity (Wildman–Crippen MR) is 167 cm³/mol. The molecule has 4 aromatic heterocycles. The van der Waals surface area contributed by atoms with E-state index in [0.717, 1.165) is 16.9 Å². The number of ether oxygens (including phenoxy) is 1. The Bertz CT molecular complexity index is 1520. The number of hydrogen-bond donors (Lipinski definition) is 0. The van der Waals surface area contributed by atoms with Crippen molar-refractivity contribution in [2.24, 2.45) is 0 Å². The largest absolute Gasteiger partial charge is 1.00 e. The van der Waals surface area contributed by atoms with Gasteiger partial charge in [-0.1, -0.05) is 34.8 Å². The average molecular weight is 716 g/mol. The standard InChI is InChI=1S/C12H13ClN4O3S.C11H10Cl2N4O2S.CH3O.Na/c1-3-16(7-8-6-14-12(13)21-8)11-9(17(18)19)4-5-10(15-11)20-2;1-2-16(6-7-5-14-11(13)20-7)10-8(17(18)19)3-4-9(12)15-10;1-2;/h4-6H,3,7H2,1-2H3;3-5H,2,6H2,1H3;1H3;/q;;-1;+1. The van der Waals surface area contributed by atoms with Crippen LogP contribution in [0.1, 0.15) is 23.6 Å². The molecule has 0 amide bonds. The van der Waals surface area contributed by atoms with Crippen molar-refractivity contribution in [2.75, 3.05) is 37.1 Å². The number of methoxy groups -OCH3 is 1. The fraction of sp³-hybridized carbons (Fsp3) is 0.333. The van der Waals surface area contributed by atoms with Crippen LogP contribution in [0.15, 0.2) is 36.7 Å². The first-order chi connectivity index (χ1) is 20.6. The monoisotopic (exact) mass is 714 g/mol. The number of nitro groups is 2. The van der Waals surface area contributed by atoms with E-state index in [1.54, 1.807) is 22.2 Å². The SMILES string of the molecule is CCN(Cc1cnc(Cl)s1)c1nc(Cl)ccc1[N+](=O)[O-].CCN(Cc1cnc(Cl)s1)c1nc(OC)ccc1[N+](=O)[O-].C[O-].[Na+]. The van der Waals surface area contributed by atoms with Crippen molar-refractivity contribution < 1.29 is 49.2 Å². The average Bonchev–Trinajstić information content (AvgIpc) is 3.61. The van der Waals surface area contributed by atoms with Gasteiger partial charge in [0.05, 0.1) is 30.0 Å². The van der Waals surface area contributed by atoms with Crippen molar-refractivity contribution in [3.8, 4) is 5.88 Å². The van der Waals surface area contributed by atoms with Crippen molar-refractivity contribution in [2.45, 2.75) is 26.9 Å². The van der Waals surface area contributed by atoms with E-state index in [1.807, 2.05) is 13.8 Å². The number of nitrogens with zero attached hydrogens (tertiary/aromatic N) is 8. The third-order valence-corrected chi connectivity index (χ3v) is 7.77. The second kappa shape index (κ2) is 19.9. The van der Waals surface area contributed by atoms with Crippen LogP contribution >= 0.6 is 57.5 Å². The minimum Gasteiger partial charge on any atom is -0.857 e. The Kier molecular flexibility index (Phi) is 17.9. The zero-order valence-electron chi connectivity index (χ0n) is 24.3. The zero-order chi connectivity index (χ0) is 32.1. The minimum atomic E-state index is -0.471. The van der Waals surface area contributed by atoms with Gasteiger partial charge in [-0.05, 0) is 19.9 Å². The minimum absolute atomic E-state index is 0. The summed E-state index contributed by atoms with van der Waals surface area (Å²) in [5.41, 5.74) is -0.139. The van der Waals surface area contributed by atoms with E-state index in [9.17, 15) is 20.2 Å². The molecule has 4 aromatic rings. The summed E-state index contributed by atoms with van der Waals surface area (Å²) in [6.07, 6.45) is 3.30. The molecule has 0 aliphatic carbocycles. The Morgan fingerprint density at radius 3 is 1.59 bits per heavy atom. The van der Waals surface area contributed by atoms with Crippen molar-refractivity contribution in [3.05, 3.63) is 80.7 Å². The second-order valence-corrected chi connectivity index (χ2v) is 11.7. The van der Waals surface area contributed by atoms with Crippen LogP contribution in [0.25, 0.3) is 0 Å². The van der Waals surface area contributed by atoms with E-state index in [0.29, 0.717) is 41.0 Å². The zero-order valence-corrected chi connectivity index (χ0v) is 30.2. The van der Waals surface area contributed by atoms with Gasteiger partial charge in [-0.2, -0.15) is 12.1 Å². The molecule has 0 unspecified atom stereocenters. The summed E-state index contributed by atoms with van der Waals surface area (Å²) in [5, 5.41) is 30.7. The summed E-state index contributed by atoms with van der Waals surface area (Å²) < 4.78 is 5.92. The van der Waals surface area contributed by atoms with Crippen molar-refractivity contribution in [1.82, 2.24) is 19.9 Å². The summed E-state index contributed by atoms with van der Waals surface area (Å²) in [5.74, 6) is 0.845. The molecule has 0 spiro atoms. The Morgan fingerprint density at radius 1 is 0.795 bits per heavy atom. The molecular weight excluding hydrogens is 690 g/mol. The van der Waals surface area contributed by atoms with E-state index in [4.69, 9.17) is 44.6 Å². The Morgan fingerprint density at radius 2 is 1.23 bits per heavy atom.